The van der Waals surface area contributed by atoms with Gasteiger partial charge in [0.25, 0.3) is 0 Å². The van der Waals surface area contributed by atoms with Gasteiger partial charge in [-0.05, 0) is 18.9 Å². The molecular weight excluding hydrogens is 457 g/mol. The summed E-state index contributed by atoms with van der Waals surface area (Å²) < 4.78 is 73.2. The predicted molar refractivity (Wildman–Crippen MR) is 108 cm³/mol. The molecule has 2 aromatic rings. The molecule has 0 spiro atoms. The number of allylic oxidation sites excluding steroid dienone is 4. The lowest BCUT2D eigenvalue weighted by Gasteiger charge is -2.33. The van der Waals surface area contributed by atoms with Crippen LogP contribution in [-0.4, -0.2) is 36.8 Å². The molecule has 0 radical (unpaired) electrons. The van der Waals surface area contributed by atoms with Crippen LogP contribution < -0.4 is 9.46 Å². The number of aromatic nitrogens is 3. The molecule has 0 saturated heterocycles. The second kappa shape index (κ2) is 8.64. The van der Waals surface area contributed by atoms with Crippen molar-refractivity contribution in [2.24, 2.45) is 7.05 Å². The number of ether oxygens (including phenoxy) is 1. The number of rotatable bonds is 7. The first-order chi connectivity index (χ1) is 14.5. The lowest BCUT2D eigenvalue weighted by molar-refractivity contribution is -0.143. The number of hydrogen-bond acceptors (Lipinski definition) is 5. The summed E-state index contributed by atoms with van der Waals surface area (Å²) in [6.07, 6.45) is 5.53. The van der Waals surface area contributed by atoms with E-state index in [1.54, 1.807) is 12.1 Å². The number of halogens is 4. The standard InChI is InChI=1S/C19H20ClF3N4O3S/c1-27-12-15(16(26-27)19(21,22)23)31(28,29)25-9-8-18(6-4-3-5-7-18)14-10-13(20)11-24-17(14)30-2/h3-6,10-12,25H,7-9H2,1-2H3/t18-/m1/s1. The first-order valence-corrected chi connectivity index (χ1v) is 11.0. The molecule has 1 aliphatic carbocycles. The molecule has 2 aromatic heterocycles. The Balaban J connectivity index is 1.88. The summed E-state index contributed by atoms with van der Waals surface area (Å²) >= 11 is 6.12. The van der Waals surface area contributed by atoms with Crippen LogP contribution in [0.4, 0.5) is 13.2 Å². The first-order valence-electron chi connectivity index (χ1n) is 9.13. The molecule has 0 fully saturated rings. The number of alkyl halides is 3. The molecule has 168 valence electrons. The van der Waals surface area contributed by atoms with Gasteiger partial charge < -0.3 is 4.74 Å². The lowest BCUT2D eigenvalue weighted by Crippen LogP contribution is -2.33. The number of sulfonamides is 1. The number of nitrogens with one attached hydrogen (secondary N) is 1. The van der Waals surface area contributed by atoms with Crippen LogP contribution in [0.15, 0.2) is 47.7 Å². The molecule has 0 saturated carbocycles. The molecule has 31 heavy (non-hydrogen) atoms. The van der Waals surface area contributed by atoms with Gasteiger partial charge in [-0.3, -0.25) is 4.68 Å². The Morgan fingerprint density at radius 3 is 2.71 bits per heavy atom. The Bertz CT molecular complexity index is 1130. The maximum atomic E-state index is 13.2. The van der Waals surface area contributed by atoms with Crippen LogP contribution in [-0.2, 0) is 28.7 Å². The molecule has 1 N–H and O–H groups in total. The molecule has 0 bridgehead atoms. The largest absolute Gasteiger partial charge is 0.481 e. The Morgan fingerprint density at radius 1 is 1.35 bits per heavy atom. The highest BCUT2D eigenvalue weighted by Crippen LogP contribution is 2.41. The molecule has 0 unspecified atom stereocenters. The van der Waals surface area contributed by atoms with Gasteiger partial charge >= 0.3 is 6.18 Å². The minimum atomic E-state index is -4.90. The molecule has 1 aliphatic rings. The number of pyridine rings is 1. The first kappa shape index (κ1) is 23.3. The molecule has 12 heteroatoms. The molecule has 3 rings (SSSR count). The van der Waals surface area contributed by atoms with Gasteiger partial charge in [0.15, 0.2) is 5.69 Å². The van der Waals surface area contributed by atoms with E-state index in [4.69, 9.17) is 16.3 Å². The average Bonchev–Trinajstić information content (AvgIpc) is 3.12. The summed E-state index contributed by atoms with van der Waals surface area (Å²) in [6.45, 7) is -0.137. The van der Waals surface area contributed by atoms with Crippen molar-refractivity contribution < 1.29 is 26.3 Å². The van der Waals surface area contributed by atoms with Gasteiger partial charge in [-0.1, -0.05) is 35.9 Å². The summed E-state index contributed by atoms with van der Waals surface area (Å²) in [5, 5.41) is 3.63. The summed E-state index contributed by atoms with van der Waals surface area (Å²) in [7, 11) is -1.77. The maximum Gasteiger partial charge on any atom is 0.436 e. The zero-order chi connectivity index (χ0) is 22.9. The topological polar surface area (TPSA) is 86.1 Å². The van der Waals surface area contributed by atoms with E-state index in [1.807, 2.05) is 18.2 Å². The van der Waals surface area contributed by atoms with E-state index >= 15 is 0 Å². The van der Waals surface area contributed by atoms with Gasteiger partial charge in [0.05, 0.1) is 12.1 Å². The van der Waals surface area contributed by atoms with E-state index in [9.17, 15) is 21.6 Å². The third-order valence-electron chi connectivity index (χ3n) is 4.91. The van der Waals surface area contributed by atoms with E-state index in [1.165, 1.54) is 20.4 Å². The van der Waals surface area contributed by atoms with Crippen molar-refractivity contribution in [1.82, 2.24) is 19.5 Å². The molecule has 2 heterocycles. The van der Waals surface area contributed by atoms with Crippen molar-refractivity contribution in [3.63, 3.8) is 0 Å². The minimum Gasteiger partial charge on any atom is -0.481 e. The normalized spacial score (nSPS) is 19.0. The number of methoxy groups -OCH3 is 1. The molecule has 7 nitrogen and oxygen atoms in total. The zero-order valence-electron chi connectivity index (χ0n) is 16.6. The van der Waals surface area contributed by atoms with E-state index in [2.05, 4.69) is 14.8 Å². The van der Waals surface area contributed by atoms with Crippen molar-refractivity contribution >= 4 is 21.6 Å². The monoisotopic (exact) mass is 476 g/mol. The third-order valence-corrected chi connectivity index (χ3v) is 6.58. The van der Waals surface area contributed by atoms with E-state index < -0.39 is 32.2 Å². The molecule has 0 amide bonds. The fourth-order valence-corrected chi connectivity index (χ4v) is 4.86. The van der Waals surface area contributed by atoms with Crippen molar-refractivity contribution in [2.75, 3.05) is 13.7 Å². The van der Waals surface area contributed by atoms with Crippen LogP contribution in [0.3, 0.4) is 0 Å². The van der Waals surface area contributed by atoms with E-state index in [0.717, 1.165) is 10.9 Å². The SMILES string of the molecule is COc1ncc(Cl)cc1[C@]1(CCNS(=O)(=O)c2cn(C)nc2C(F)(F)F)C=CC=CC1. The van der Waals surface area contributed by atoms with Crippen LogP contribution in [0.2, 0.25) is 5.02 Å². The van der Waals surface area contributed by atoms with Crippen LogP contribution in [0, 0.1) is 0 Å². The fourth-order valence-electron chi connectivity index (χ4n) is 3.48. The maximum absolute atomic E-state index is 13.2. The second-order valence-corrected chi connectivity index (χ2v) is 9.19. The Labute approximate surface area is 182 Å². The quantitative estimate of drug-likeness (QED) is 0.659. The van der Waals surface area contributed by atoms with Crippen molar-refractivity contribution in [1.29, 1.82) is 0 Å². The number of hydrogen-bond donors (Lipinski definition) is 1. The van der Waals surface area contributed by atoms with Crippen LogP contribution in [0.5, 0.6) is 5.88 Å². The van der Waals surface area contributed by atoms with Crippen LogP contribution >= 0.6 is 11.6 Å². The van der Waals surface area contributed by atoms with E-state index in [-0.39, 0.29) is 13.0 Å². The smallest absolute Gasteiger partial charge is 0.436 e. The molecule has 1 atom stereocenters. The highest BCUT2D eigenvalue weighted by Gasteiger charge is 2.41. The summed E-state index contributed by atoms with van der Waals surface area (Å²) in [4.78, 5) is 3.26. The predicted octanol–water partition coefficient (Wildman–Crippen LogP) is 3.62. The highest BCUT2D eigenvalue weighted by molar-refractivity contribution is 7.89. The van der Waals surface area contributed by atoms with Gasteiger partial charge in [-0.15, -0.1) is 0 Å². The second-order valence-electron chi connectivity index (χ2n) is 7.02. The summed E-state index contributed by atoms with van der Waals surface area (Å²) in [5.41, 5.74) is -1.51. The lowest BCUT2D eigenvalue weighted by atomic mass is 9.73. The summed E-state index contributed by atoms with van der Waals surface area (Å²) in [6, 6.07) is 1.69. The molecule has 0 aromatic carbocycles. The van der Waals surface area contributed by atoms with Crippen molar-refractivity contribution in [2.45, 2.75) is 29.3 Å². The molecular formula is C19H20ClF3N4O3S. The molecule has 0 aliphatic heterocycles. The Kier molecular flexibility index (Phi) is 6.49. The van der Waals surface area contributed by atoms with Gasteiger partial charge in [0, 0.05) is 37.0 Å². The van der Waals surface area contributed by atoms with Crippen LogP contribution in [0.1, 0.15) is 24.1 Å². The number of aryl methyl sites for hydroxylation is 1. The Hall–Kier alpha value is -2.37. The third kappa shape index (κ3) is 4.94. The van der Waals surface area contributed by atoms with Crippen molar-refractivity contribution in [3.8, 4) is 5.88 Å². The van der Waals surface area contributed by atoms with Gasteiger partial charge in [0.2, 0.25) is 15.9 Å². The Morgan fingerprint density at radius 2 is 2.10 bits per heavy atom. The van der Waals surface area contributed by atoms with E-state index in [0.29, 0.717) is 22.9 Å². The average molecular weight is 477 g/mol. The zero-order valence-corrected chi connectivity index (χ0v) is 18.2. The van der Waals surface area contributed by atoms with Gasteiger partial charge in [-0.25, -0.2) is 18.1 Å². The minimum absolute atomic E-state index is 0.137. The van der Waals surface area contributed by atoms with Gasteiger partial charge in [-0.2, -0.15) is 18.3 Å². The highest BCUT2D eigenvalue weighted by atomic mass is 35.5. The number of nitrogens with zero attached hydrogens (tertiary/aromatic N) is 3. The van der Waals surface area contributed by atoms with Crippen molar-refractivity contribution in [3.05, 3.63) is 59.0 Å². The van der Waals surface area contributed by atoms with Gasteiger partial charge in [0.1, 0.15) is 4.90 Å². The fraction of sp³-hybridized carbons (Fsp3) is 0.368. The summed E-state index contributed by atoms with van der Waals surface area (Å²) in [5.74, 6) is 0.332. The van der Waals surface area contributed by atoms with Crippen LogP contribution in [0.25, 0.3) is 0 Å².